The summed E-state index contributed by atoms with van der Waals surface area (Å²) in [5, 5.41) is -0.650. The van der Waals surface area contributed by atoms with Crippen molar-refractivity contribution < 1.29 is 9.13 Å². The molecule has 0 spiro atoms. The van der Waals surface area contributed by atoms with E-state index < -0.39 is 5.34 Å². The minimum absolute atomic E-state index is 0.234. The number of ether oxygens (including phenoxy) is 1. The van der Waals surface area contributed by atoms with Gasteiger partial charge >= 0.3 is 0 Å². The van der Waals surface area contributed by atoms with Crippen molar-refractivity contribution in [1.29, 1.82) is 0 Å². The first-order valence-electron chi connectivity index (χ1n) is 4.73. The summed E-state index contributed by atoms with van der Waals surface area (Å²) in [5.41, 5.74) is 7.45. The third kappa shape index (κ3) is 1.42. The number of rotatable bonds is 1. The van der Waals surface area contributed by atoms with Crippen LogP contribution in [0.25, 0.3) is 0 Å². The quantitative estimate of drug-likeness (QED) is 0.583. The zero-order chi connectivity index (χ0) is 10.3. The highest BCUT2D eigenvalue weighted by atomic mass is 19.1. The molecule has 2 N–H and O–H groups in total. The van der Waals surface area contributed by atoms with E-state index in [1.807, 2.05) is 15.7 Å². The standard InChI is InChI=1S/C9H12B2FNO/c10-9(11,13)8-5-3-4-14-7(5)2-1-6(8)12/h1-2H,3-4,10-11,13H2. The van der Waals surface area contributed by atoms with E-state index in [0.29, 0.717) is 12.2 Å². The predicted molar refractivity (Wildman–Crippen MR) is 58.6 cm³/mol. The number of benzene rings is 1. The lowest BCUT2D eigenvalue weighted by Gasteiger charge is -2.22. The summed E-state index contributed by atoms with van der Waals surface area (Å²) in [7, 11) is 3.62. The van der Waals surface area contributed by atoms with Gasteiger partial charge in [0.1, 0.15) is 27.3 Å². The van der Waals surface area contributed by atoms with Crippen LogP contribution in [0, 0.1) is 5.82 Å². The summed E-state index contributed by atoms with van der Waals surface area (Å²) in [6, 6.07) is 3.10. The Balaban J connectivity index is 2.63. The first-order valence-corrected chi connectivity index (χ1v) is 4.73. The molecule has 0 saturated carbocycles. The predicted octanol–water partition coefficient (Wildman–Crippen LogP) is -0.904. The van der Waals surface area contributed by atoms with Gasteiger partial charge in [0.05, 0.1) is 6.61 Å². The number of halogens is 1. The number of hydrogen-bond donors (Lipinski definition) is 1. The van der Waals surface area contributed by atoms with Crippen LogP contribution in [0.3, 0.4) is 0 Å². The van der Waals surface area contributed by atoms with Gasteiger partial charge in [0, 0.05) is 12.0 Å². The van der Waals surface area contributed by atoms with Gasteiger partial charge in [-0.05, 0) is 23.0 Å². The summed E-state index contributed by atoms with van der Waals surface area (Å²) in [6.45, 7) is 0.627. The van der Waals surface area contributed by atoms with Gasteiger partial charge in [0.25, 0.3) is 0 Å². The topological polar surface area (TPSA) is 35.2 Å². The largest absolute Gasteiger partial charge is 0.493 e. The van der Waals surface area contributed by atoms with E-state index in [1.165, 1.54) is 6.07 Å². The molecule has 0 saturated heterocycles. The Kier molecular flexibility index (Phi) is 2.07. The molecule has 0 aliphatic carbocycles. The van der Waals surface area contributed by atoms with E-state index in [0.717, 1.165) is 17.7 Å². The molecule has 0 fully saturated rings. The first kappa shape index (κ1) is 9.59. The van der Waals surface area contributed by atoms with Crippen LogP contribution < -0.4 is 10.5 Å². The van der Waals surface area contributed by atoms with Crippen molar-refractivity contribution in [3.8, 4) is 5.75 Å². The van der Waals surface area contributed by atoms with Crippen molar-refractivity contribution in [2.45, 2.75) is 11.8 Å². The highest BCUT2D eigenvalue weighted by Gasteiger charge is 2.27. The maximum absolute atomic E-state index is 13.6. The average molecular weight is 191 g/mol. The summed E-state index contributed by atoms with van der Waals surface area (Å²) >= 11 is 0. The SMILES string of the molecule is BC(B)(N)c1c(F)ccc2c1CCO2. The van der Waals surface area contributed by atoms with Gasteiger partial charge in [0.2, 0.25) is 0 Å². The van der Waals surface area contributed by atoms with Crippen LogP contribution >= 0.6 is 0 Å². The zero-order valence-electron chi connectivity index (χ0n) is 8.43. The van der Waals surface area contributed by atoms with Crippen LogP contribution in [-0.4, -0.2) is 22.3 Å². The summed E-state index contributed by atoms with van der Waals surface area (Å²) < 4.78 is 19.0. The van der Waals surface area contributed by atoms with Crippen LogP contribution in [0.15, 0.2) is 12.1 Å². The van der Waals surface area contributed by atoms with E-state index in [-0.39, 0.29) is 5.82 Å². The highest BCUT2D eigenvalue weighted by Crippen LogP contribution is 2.33. The molecule has 1 aliphatic rings. The van der Waals surface area contributed by atoms with Gasteiger partial charge in [-0.2, -0.15) is 0 Å². The molecular formula is C9H12B2FNO. The fourth-order valence-corrected chi connectivity index (χ4v) is 1.94. The Bertz CT molecular complexity index is 376. The Morgan fingerprint density at radius 3 is 2.79 bits per heavy atom. The molecule has 0 unspecified atom stereocenters. The van der Waals surface area contributed by atoms with E-state index >= 15 is 0 Å². The molecule has 1 heterocycles. The maximum atomic E-state index is 13.6. The fraction of sp³-hybridized carbons (Fsp3) is 0.333. The Morgan fingerprint density at radius 1 is 1.43 bits per heavy atom. The molecule has 1 aromatic carbocycles. The van der Waals surface area contributed by atoms with E-state index in [9.17, 15) is 4.39 Å². The van der Waals surface area contributed by atoms with Crippen molar-refractivity contribution in [1.82, 2.24) is 0 Å². The van der Waals surface area contributed by atoms with Gasteiger partial charge in [-0.15, -0.1) is 0 Å². The van der Waals surface area contributed by atoms with Crippen LogP contribution in [0.2, 0.25) is 0 Å². The zero-order valence-corrected chi connectivity index (χ0v) is 8.43. The lowest BCUT2D eigenvalue weighted by atomic mass is 9.58. The highest BCUT2D eigenvalue weighted by molar-refractivity contribution is 6.39. The van der Waals surface area contributed by atoms with Crippen molar-refractivity contribution in [2.75, 3.05) is 6.61 Å². The molecule has 0 atom stereocenters. The molecule has 0 radical (unpaired) electrons. The fourth-order valence-electron chi connectivity index (χ4n) is 1.94. The minimum Gasteiger partial charge on any atom is -0.493 e. The van der Waals surface area contributed by atoms with Gasteiger partial charge < -0.3 is 10.5 Å². The van der Waals surface area contributed by atoms with Crippen molar-refractivity contribution in [2.24, 2.45) is 5.73 Å². The lowest BCUT2D eigenvalue weighted by Crippen LogP contribution is -2.39. The van der Waals surface area contributed by atoms with E-state index in [4.69, 9.17) is 10.5 Å². The molecule has 0 aromatic heterocycles. The molecule has 5 heteroatoms. The third-order valence-corrected chi connectivity index (χ3v) is 2.47. The molecule has 0 amide bonds. The summed E-state index contributed by atoms with van der Waals surface area (Å²) in [4.78, 5) is 0. The van der Waals surface area contributed by atoms with E-state index in [1.54, 1.807) is 6.07 Å². The van der Waals surface area contributed by atoms with Crippen molar-refractivity contribution >= 4 is 15.7 Å². The number of fused-ring (bicyclic) bond motifs is 1. The normalized spacial score (nSPS) is 15.0. The molecular weight excluding hydrogens is 179 g/mol. The Morgan fingerprint density at radius 2 is 2.14 bits per heavy atom. The molecule has 2 nitrogen and oxygen atoms in total. The van der Waals surface area contributed by atoms with Crippen LogP contribution in [0.5, 0.6) is 5.75 Å². The number of nitrogens with two attached hydrogens (primary N) is 1. The maximum Gasteiger partial charge on any atom is 0.127 e. The monoisotopic (exact) mass is 191 g/mol. The van der Waals surface area contributed by atoms with Crippen molar-refractivity contribution in [3.05, 3.63) is 29.1 Å². The lowest BCUT2D eigenvalue weighted by molar-refractivity contribution is 0.356. The second-order valence-corrected chi connectivity index (χ2v) is 4.22. The number of hydrogen-bond acceptors (Lipinski definition) is 2. The minimum atomic E-state index is -0.650. The van der Waals surface area contributed by atoms with Gasteiger partial charge in [-0.25, -0.2) is 4.39 Å². The molecule has 1 aromatic rings. The first-order chi connectivity index (χ1) is 6.50. The van der Waals surface area contributed by atoms with Gasteiger partial charge in [0.15, 0.2) is 0 Å². The summed E-state index contributed by atoms with van der Waals surface area (Å²) in [6.07, 6.45) is 0.753. The van der Waals surface area contributed by atoms with Crippen LogP contribution in [0.4, 0.5) is 4.39 Å². The second-order valence-electron chi connectivity index (χ2n) is 4.22. The third-order valence-electron chi connectivity index (χ3n) is 2.47. The molecule has 72 valence electrons. The average Bonchev–Trinajstić information content (AvgIpc) is 2.48. The van der Waals surface area contributed by atoms with Gasteiger partial charge in [-0.3, -0.25) is 0 Å². The van der Waals surface area contributed by atoms with Crippen molar-refractivity contribution in [3.63, 3.8) is 0 Å². The Labute approximate surface area is 84.4 Å². The van der Waals surface area contributed by atoms with Crippen LogP contribution in [0.1, 0.15) is 11.1 Å². The Hall–Kier alpha value is -0.960. The van der Waals surface area contributed by atoms with Crippen LogP contribution in [-0.2, 0) is 11.8 Å². The molecule has 2 rings (SSSR count). The molecule has 1 aliphatic heterocycles. The summed E-state index contributed by atoms with van der Waals surface area (Å²) in [5.74, 6) is 0.543. The molecule has 14 heavy (non-hydrogen) atoms. The van der Waals surface area contributed by atoms with E-state index in [2.05, 4.69) is 0 Å². The molecule has 0 bridgehead atoms. The smallest absolute Gasteiger partial charge is 0.127 e. The second kappa shape index (κ2) is 3.02. The van der Waals surface area contributed by atoms with Gasteiger partial charge in [-0.1, -0.05) is 0 Å².